The second kappa shape index (κ2) is 13.2. The molecule has 0 fully saturated rings. The maximum atomic E-state index is 12.2. The molecule has 2 amide bonds. The first-order valence-electron chi connectivity index (χ1n) is 11.2. The molecule has 0 aliphatic heterocycles. The van der Waals surface area contributed by atoms with Gasteiger partial charge in [-0.1, -0.05) is 88.4 Å². The van der Waals surface area contributed by atoms with E-state index >= 15 is 0 Å². The third kappa shape index (κ3) is 9.25. The number of carbonyl (C=O) groups excluding carboxylic acids is 2. The number of hydrogen-bond donors (Lipinski definition) is 2. The van der Waals surface area contributed by atoms with Gasteiger partial charge in [-0.05, 0) is 35.8 Å². The summed E-state index contributed by atoms with van der Waals surface area (Å²) >= 11 is 0. The van der Waals surface area contributed by atoms with Gasteiger partial charge < -0.3 is 0 Å². The third-order valence-corrected chi connectivity index (χ3v) is 4.63. The summed E-state index contributed by atoms with van der Waals surface area (Å²) in [6.45, 7) is 8.42. The minimum atomic E-state index is -0.299. The van der Waals surface area contributed by atoms with Crippen LogP contribution >= 0.6 is 0 Å². The molecule has 0 unspecified atom stereocenters. The average Bonchev–Trinajstić information content (AvgIpc) is 2.78. The van der Waals surface area contributed by atoms with E-state index < -0.39 is 0 Å². The zero-order valence-electron chi connectivity index (χ0n) is 19.5. The number of rotatable bonds is 11. The van der Waals surface area contributed by atoms with E-state index in [1.165, 1.54) is 0 Å². The zero-order valence-corrected chi connectivity index (χ0v) is 19.5. The van der Waals surface area contributed by atoms with Gasteiger partial charge >= 0.3 is 0 Å². The fourth-order valence-electron chi connectivity index (χ4n) is 3.09. The van der Waals surface area contributed by atoms with Crippen LogP contribution in [0, 0.1) is 11.8 Å². The van der Waals surface area contributed by atoms with Crippen LogP contribution in [0.1, 0.15) is 64.5 Å². The molecule has 0 aromatic heterocycles. The van der Waals surface area contributed by atoms with Crippen LogP contribution in [-0.4, -0.2) is 23.2 Å². The SMILES string of the molecule is CC(C)CC(=NNC(=O)CCC(=O)NN=C(CC(C)C)c1ccccc1)c1ccccc1. The van der Waals surface area contributed by atoms with Crippen LogP contribution in [0.3, 0.4) is 0 Å². The quantitative estimate of drug-likeness (QED) is 0.389. The summed E-state index contributed by atoms with van der Waals surface area (Å²) in [5, 5.41) is 8.63. The van der Waals surface area contributed by atoms with Gasteiger partial charge in [-0.3, -0.25) is 9.59 Å². The van der Waals surface area contributed by atoms with Gasteiger partial charge in [-0.2, -0.15) is 10.2 Å². The molecular formula is C26H34N4O2. The van der Waals surface area contributed by atoms with Crippen LogP contribution in [0.25, 0.3) is 0 Å². The van der Waals surface area contributed by atoms with Crippen molar-refractivity contribution in [2.45, 2.75) is 53.4 Å². The number of hydrazone groups is 2. The van der Waals surface area contributed by atoms with Crippen LogP contribution < -0.4 is 10.9 Å². The first-order chi connectivity index (χ1) is 15.3. The smallest absolute Gasteiger partial charge is 0.240 e. The second-order valence-corrected chi connectivity index (χ2v) is 8.61. The minimum Gasteiger partial charge on any atom is -0.273 e. The van der Waals surface area contributed by atoms with Crippen molar-refractivity contribution in [3.63, 3.8) is 0 Å². The lowest BCUT2D eigenvalue weighted by molar-refractivity contribution is -0.126. The third-order valence-electron chi connectivity index (χ3n) is 4.63. The molecule has 170 valence electrons. The predicted molar refractivity (Wildman–Crippen MR) is 130 cm³/mol. The summed E-state index contributed by atoms with van der Waals surface area (Å²) in [5.74, 6) is 0.205. The molecule has 0 heterocycles. The van der Waals surface area contributed by atoms with E-state index in [9.17, 15) is 9.59 Å². The Morgan fingerprint density at radius 3 is 1.31 bits per heavy atom. The van der Waals surface area contributed by atoms with E-state index in [4.69, 9.17) is 0 Å². The summed E-state index contributed by atoms with van der Waals surface area (Å²) in [7, 11) is 0. The molecule has 2 N–H and O–H groups in total. The molecule has 0 spiro atoms. The molecule has 6 heteroatoms. The van der Waals surface area contributed by atoms with Crippen LogP contribution in [0.15, 0.2) is 70.9 Å². The maximum absolute atomic E-state index is 12.2. The van der Waals surface area contributed by atoms with Gasteiger partial charge in [0.15, 0.2) is 0 Å². The summed E-state index contributed by atoms with van der Waals surface area (Å²) in [4.78, 5) is 24.5. The number of benzene rings is 2. The van der Waals surface area contributed by atoms with Crippen molar-refractivity contribution in [3.8, 4) is 0 Å². The molecule has 2 rings (SSSR count). The summed E-state index contributed by atoms with van der Waals surface area (Å²) in [5.41, 5.74) is 8.79. The van der Waals surface area contributed by atoms with Gasteiger partial charge in [0.2, 0.25) is 11.8 Å². The van der Waals surface area contributed by atoms with Crippen LogP contribution in [0.5, 0.6) is 0 Å². The number of carbonyl (C=O) groups is 2. The topological polar surface area (TPSA) is 82.9 Å². The molecule has 0 atom stereocenters. The summed E-state index contributed by atoms with van der Waals surface area (Å²) in [6.07, 6.45) is 1.58. The van der Waals surface area contributed by atoms with Crippen molar-refractivity contribution in [2.75, 3.05) is 0 Å². The zero-order chi connectivity index (χ0) is 23.3. The summed E-state index contributed by atoms with van der Waals surface area (Å²) in [6, 6.07) is 19.6. The Balaban J connectivity index is 1.91. The lowest BCUT2D eigenvalue weighted by Gasteiger charge is -2.10. The number of amides is 2. The van der Waals surface area contributed by atoms with E-state index in [2.05, 4.69) is 48.7 Å². The molecule has 6 nitrogen and oxygen atoms in total. The van der Waals surface area contributed by atoms with Crippen molar-refractivity contribution in [3.05, 3.63) is 71.8 Å². The molecule has 32 heavy (non-hydrogen) atoms. The van der Waals surface area contributed by atoms with Crippen molar-refractivity contribution >= 4 is 23.2 Å². The Bertz CT molecular complexity index is 842. The van der Waals surface area contributed by atoms with Crippen molar-refractivity contribution in [2.24, 2.45) is 22.0 Å². The predicted octanol–water partition coefficient (Wildman–Crippen LogP) is 4.90. The van der Waals surface area contributed by atoms with Crippen LogP contribution in [-0.2, 0) is 9.59 Å². The lowest BCUT2D eigenvalue weighted by Crippen LogP contribution is -2.25. The number of nitrogens with one attached hydrogen (secondary N) is 2. The summed E-state index contributed by atoms with van der Waals surface area (Å²) < 4.78 is 0. The molecule has 0 saturated carbocycles. The normalized spacial score (nSPS) is 12.2. The molecule has 0 aliphatic carbocycles. The molecule has 0 aliphatic rings. The Kier molecular flexibility index (Phi) is 10.3. The standard InChI is InChI=1S/C26H34N4O2/c1-19(2)17-23(21-11-7-5-8-12-21)27-29-25(31)15-16-26(32)30-28-24(18-20(3)4)22-13-9-6-10-14-22/h5-14,19-20H,15-18H2,1-4H3,(H,29,31)(H,30,32). The maximum Gasteiger partial charge on any atom is 0.240 e. The van der Waals surface area contributed by atoms with Gasteiger partial charge in [0.25, 0.3) is 0 Å². The van der Waals surface area contributed by atoms with Crippen LogP contribution in [0.4, 0.5) is 0 Å². The second-order valence-electron chi connectivity index (χ2n) is 8.61. The highest BCUT2D eigenvalue weighted by atomic mass is 16.2. The Morgan fingerprint density at radius 1 is 0.656 bits per heavy atom. The van der Waals surface area contributed by atoms with E-state index in [-0.39, 0.29) is 24.7 Å². The van der Waals surface area contributed by atoms with Gasteiger partial charge in [-0.25, -0.2) is 10.9 Å². The highest BCUT2D eigenvalue weighted by Gasteiger charge is 2.11. The lowest BCUT2D eigenvalue weighted by atomic mass is 10.0. The van der Waals surface area contributed by atoms with Gasteiger partial charge in [-0.15, -0.1) is 0 Å². The van der Waals surface area contributed by atoms with E-state index in [0.29, 0.717) is 11.8 Å². The minimum absolute atomic E-state index is 0.0411. The average molecular weight is 435 g/mol. The first-order valence-corrected chi connectivity index (χ1v) is 11.2. The molecular weight excluding hydrogens is 400 g/mol. The Morgan fingerprint density at radius 2 is 1.00 bits per heavy atom. The molecule has 2 aromatic rings. The highest BCUT2D eigenvalue weighted by Crippen LogP contribution is 2.11. The van der Waals surface area contributed by atoms with E-state index in [0.717, 1.165) is 35.4 Å². The van der Waals surface area contributed by atoms with Crippen molar-refractivity contribution in [1.82, 2.24) is 10.9 Å². The van der Waals surface area contributed by atoms with Crippen molar-refractivity contribution in [1.29, 1.82) is 0 Å². The highest BCUT2D eigenvalue weighted by molar-refractivity contribution is 6.02. The largest absolute Gasteiger partial charge is 0.273 e. The first kappa shape index (κ1) is 25.0. The molecule has 0 bridgehead atoms. The fraction of sp³-hybridized carbons (Fsp3) is 0.385. The van der Waals surface area contributed by atoms with Crippen LogP contribution in [0.2, 0.25) is 0 Å². The van der Waals surface area contributed by atoms with Gasteiger partial charge in [0.1, 0.15) is 0 Å². The van der Waals surface area contributed by atoms with Gasteiger partial charge in [0, 0.05) is 12.8 Å². The fourth-order valence-corrected chi connectivity index (χ4v) is 3.09. The van der Waals surface area contributed by atoms with E-state index in [1.807, 2.05) is 60.7 Å². The Hall–Kier alpha value is -3.28. The van der Waals surface area contributed by atoms with Gasteiger partial charge in [0.05, 0.1) is 11.4 Å². The molecule has 0 radical (unpaired) electrons. The number of hydrogen-bond acceptors (Lipinski definition) is 4. The number of nitrogens with zero attached hydrogens (tertiary/aromatic N) is 2. The Labute approximate surface area is 191 Å². The van der Waals surface area contributed by atoms with E-state index in [1.54, 1.807) is 0 Å². The van der Waals surface area contributed by atoms with Crippen molar-refractivity contribution < 1.29 is 9.59 Å². The molecule has 0 saturated heterocycles. The monoisotopic (exact) mass is 434 g/mol. The molecule has 2 aromatic carbocycles.